The standard InChI is InChI=1S/C36H41N5O7S/c1-40-17-9-4-3-8-12-25-21-36(25,34(43)39-49(45,46)28-15-16-28)38-33(42)30-19-26(41(30)35(40)44)22-48-31-18-24-13-14-27(47-2)20-29(24)37-32(31)23-10-6-5-7-11-23/h5-8,10-14,18,20,25-26,28,30H,3-4,9,15-17,19,21-22H2,1-2H3,(H,38,42)(H,39,43)/b12-8+/t25-,26+,30+,36-/m1/s1. The SMILES string of the molecule is COc1ccc2cc(OC[C@@H]3C[C@H]4C(=O)N[C@]5(C(=O)NS(=O)(=O)C6CC6)C[C@H]5/C=C/CCCCN(C)C(=O)N34)c(-c3ccccc3)nc2c1. The maximum atomic E-state index is 13.9. The van der Waals surface area contributed by atoms with E-state index in [4.69, 9.17) is 14.5 Å². The molecule has 0 bridgehead atoms. The average molecular weight is 688 g/mol. The van der Waals surface area contributed by atoms with Crippen LogP contribution in [0.4, 0.5) is 4.79 Å². The van der Waals surface area contributed by atoms with Gasteiger partial charge >= 0.3 is 6.03 Å². The van der Waals surface area contributed by atoms with Crippen molar-refractivity contribution in [3.05, 3.63) is 66.7 Å². The van der Waals surface area contributed by atoms with Crippen LogP contribution in [-0.2, 0) is 19.6 Å². The number of nitrogens with zero attached hydrogens (tertiary/aromatic N) is 3. The van der Waals surface area contributed by atoms with E-state index in [1.54, 1.807) is 19.1 Å². The maximum absolute atomic E-state index is 13.9. The van der Waals surface area contributed by atoms with E-state index in [9.17, 15) is 22.8 Å². The zero-order valence-electron chi connectivity index (χ0n) is 27.6. The van der Waals surface area contributed by atoms with Gasteiger partial charge in [0.2, 0.25) is 15.9 Å². The smallest absolute Gasteiger partial charge is 0.320 e. The number of pyridine rings is 1. The molecule has 0 radical (unpaired) electrons. The van der Waals surface area contributed by atoms with Crippen LogP contribution in [0, 0.1) is 5.92 Å². The number of carbonyl (C=O) groups is 3. The summed E-state index contributed by atoms with van der Waals surface area (Å²) in [7, 11) is -0.481. The molecule has 12 nitrogen and oxygen atoms in total. The molecule has 3 aromatic rings. The molecule has 49 heavy (non-hydrogen) atoms. The minimum absolute atomic E-state index is 0.114. The molecule has 2 aliphatic heterocycles. The van der Waals surface area contributed by atoms with Crippen molar-refractivity contribution in [1.82, 2.24) is 24.8 Å². The summed E-state index contributed by atoms with van der Waals surface area (Å²) in [4.78, 5) is 49.3. The van der Waals surface area contributed by atoms with Gasteiger partial charge in [0.15, 0.2) is 0 Å². The molecule has 4 atom stereocenters. The summed E-state index contributed by atoms with van der Waals surface area (Å²) in [6.07, 6.45) is 7.83. The van der Waals surface area contributed by atoms with Gasteiger partial charge in [0.05, 0.1) is 23.9 Å². The zero-order valence-corrected chi connectivity index (χ0v) is 28.4. The van der Waals surface area contributed by atoms with Gasteiger partial charge in [-0.2, -0.15) is 0 Å². The molecule has 13 heteroatoms. The lowest BCUT2D eigenvalue weighted by molar-refractivity contribution is -0.137. The minimum Gasteiger partial charge on any atom is -0.497 e. The first-order chi connectivity index (χ1) is 23.6. The molecule has 2 aromatic carbocycles. The highest BCUT2D eigenvalue weighted by molar-refractivity contribution is 7.91. The summed E-state index contributed by atoms with van der Waals surface area (Å²) in [5.41, 5.74) is 0.865. The fourth-order valence-corrected chi connectivity index (χ4v) is 8.12. The van der Waals surface area contributed by atoms with Crippen LogP contribution in [0.15, 0.2) is 66.7 Å². The monoisotopic (exact) mass is 687 g/mol. The number of rotatable bonds is 8. The van der Waals surface area contributed by atoms with Crippen molar-refractivity contribution >= 4 is 38.8 Å². The molecule has 258 valence electrons. The van der Waals surface area contributed by atoms with Crippen LogP contribution >= 0.6 is 0 Å². The van der Waals surface area contributed by atoms with Gasteiger partial charge in [-0.3, -0.25) is 14.3 Å². The van der Waals surface area contributed by atoms with Gasteiger partial charge in [0.1, 0.15) is 35.4 Å². The van der Waals surface area contributed by atoms with Crippen LogP contribution in [0.25, 0.3) is 22.2 Å². The summed E-state index contributed by atoms with van der Waals surface area (Å²) in [5.74, 6) is -0.320. The number of urea groups is 1. The van der Waals surface area contributed by atoms with Crippen molar-refractivity contribution in [2.75, 3.05) is 27.3 Å². The van der Waals surface area contributed by atoms with E-state index in [0.717, 1.165) is 35.7 Å². The van der Waals surface area contributed by atoms with Crippen molar-refractivity contribution in [2.24, 2.45) is 5.92 Å². The van der Waals surface area contributed by atoms with Crippen molar-refractivity contribution in [1.29, 1.82) is 0 Å². The number of ether oxygens (including phenoxy) is 2. The first kappa shape index (κ1) is 32.9. The second-order valence-corrected chi connectivity index (χ2v) is 15.4. The van der Waals surface area contributed by atoms with Crippen molar-refractivity contribution in [2.45, 2.75) is 67.8 Å². The minimum atomic E-state index is -3.81. The van der Waals surface area contributed by atoms with Crippen LogP contribution in [0.5, 0.6) is 11.5 Å². The number of fused-ring (bicyclic) bond motifs is 3. The van der Waals surface area contributed by atoms with E-state index in [0.29, 0.717) is 43.0 Å². The quantitative estimate of drug-likeness (QED) is 0.338. The van der Waals surface area contributed by atoms with E-state index < -0.39 is 44.7 Å². The third kappa shape index (κ3) is 6.55. The van der Waals surface area contributed by atoms with Gasteiger partial charge in [-0.25, -0.2) is 18.2 Å². The van der Waals surface area contributed by atoms with Gasteiger partial charge < -0.3 is 24.6 Å². The van der Waals surface area contributed by atoms with Gasteiger partial charge in [0, 0.05) is 42.9 Å². The lowest BCUT2D eigenvalue weighted by Crippen LogP contribution is -2.69. The number of carbonyl (C=O) groups excluding carboxylic acids is 3. The van der Waals surface area contributed by atoms with Gasteiger partial charge in [-0.1, -0.05) is 42.5 Å². The summed E-state index contributed by atoms with van der Waals surface area (Å²) >= 11 is 0. The summed E-state index contributed by atoms with van der Waals surface area (Å²) in [6, 6.07) is 15.7. The van der Waals surface area contributed by atoms with E-state index in [1.165, 1.54) is 4.90 Å². The molecule has 1 aromatic heterocycles. The zero-order chi connectivity index (χ0) is 34.3. The van der Waals surface area contributed by atoms with Crippen molar-refractivity contribution < 1.29 is 32.3 Å². The highest BCUT2D eigenvalue weighted by Gasteiger charge is 2.62. The number of methoxy groups -OCH3 is 1. The molecule has 0 spiro atoms. The summed E-state index contributed by atoms with van der Waals surface area (Å²) in [5, 5.41) is 3.17. The number of amides is 4. The topological polar surface area (TPSA) is 147 Å². The van der Waals surface area contributed by atoms with Gasteiger partial charge in [-0.15, -0.1) is 0 Å². The number of hydrogen-bond donors (Lipinski definition) is 2. The predicted molar refractivity (Wildman–Crippen MR) is 183 cm³/mol. The fourth-order valence-electron chi connectivity index (χ4n) is 6.76. The molecular weight excluding hydrogens is 646 g/mol. The van der Waals surface area contributed by atoms with E-state index in [2.05, 4.69) is 10.0 Å². The largest absolute Gasteiger partial charge is 0.497 e. The molecule has 2 saturated carbocycles. The highest BCUT2D eigenvalue weighted by Crippen LogP contribution is 2.46. The molecule has 2 aliphatic carbocycles. The Hall–Kier alpha value is -4.65. The number of nitrogens with one attached hydrogen (secondary N) is 2. The van der Waals surface area contributed by atoms with Crippen LogP contribution in [0.3, 0.4) is 0 Å². The van der Waals surface area contributed by atoms with Crippen LogP contribution < -0.4 is 19.5 Å². The Morgan fingerprint density at radius 3 is 2.65 bits per heavy atom. The molecule has 1 saturated heterocycles. The normalized spacial score (nSPS) is 26.4. The third-order valence-corrected chi connectivity index (χ3v) is 11.8. The Morgan fingerprint density at radius 2 is 1.90 bits per heavy atom. The molecule has 7 rings (SSSR count). The first-order valence-corrected chi connectivity index (χ1v) is 18.4. The Kier molecular flexibility index (Phi) is 8.72. The van der Waals surface area contributed by atoms with E-state index in [1.807, 2.05) is 66.7 Å². The highest BCUT2D eigenvalue weighted by atomic mass is 32.2. The number of allylic oxidation sites excluding steroid dienone is 1. The molecule has 4 amide bonds. The summed E-state index contributed by atoms with van der Waals surface area (Å²) in [6.45, 7) is 0.638. The van der Waals surface area contributed by atoms with Crippen molar-refractivity contribution in [3.63, 3.8) is 0 Å². The average Bonchev–Trinajstić information content (AvgIpc) is 4.01. The lowest BCUT2D eigenvalue weighted by Gasteiger charge is -2.48. The molecule has 4 aliphatic rings. The molecule has 2 N–H and O–H groups in total. The van der Waals surface area contributed by atoms with E-state index >= 15 is 0 Å². The number of sulfonamides is 1. The molecule has 3 heterocycles. The Labute approximate surface area is 285 Å². The van der Waals surface area contributed by atoms with Gasteiger partial charge in [0.25, 0.3) is 5.91 Å². The molecule has 3 fully saturated rings. The van der Waals surface area contributed by atoms with Crippen molar-refractivity contribution in [3.8, 4) is 22.8 Å². The van der Waals surface area contributed by atoms with Crippen LogP contribution in [0.2, 0.25) is 0 Å². The second kappa shape index (κ2) is 13.0. The Morgan fingerprint density at radius 1 is 1.10 bits per heavy atom. The Bertz CT molecular complexity index is 1920. The van der Waals surface area contributed by atoms with Gasteiger partial charge in [-0.05, 0) is 56.7 Å². The van der Waals surface area contributed by atoms with Crippen LogP contribution in [-0.4, -0.2) is 91.2 Å². The maximum Gasteiger partial charge on any atom is 0.320 e. The van der Waals surface area contributed by atoms with E-state index in [-0.39, 0.29) is 25.0 Å². The fraction of sp³-hybridized carbons (Fsp3) is 0.444. The second-order valence-electron chi connectivity index (χ2n) is 13.5. The summed E-state index contributed by atoms with van der Waals surface area (Å²) < 4.78 is 39.4. The number of hydrogen-bond acceptors (Lipinski definition) is 8. The predicted octanol–water partition coefficient (Wildman–Crippen LogP) is 4.01. The number of benzene rings is 2. The first-order valence-electron chi connectivity index (χ1n) is 16.8. The molecule has 0 unspecified atom stereocenters. The number of aromatic nitrogens is 1. The van der Waals surface area contributed by atoms with Crippen LogP contribution in [0.1, 0.15) is 44.9 Å². The third-order valence-electron chi connectivity index (χ3n) is 9.99. The Balaban J connectivity index is 1.14. The molecular formula is C36H41N5O7S. The lowest BCUT2D eigenvalue weighted by atomic mass is 9.92.